The molecule has 0 bridgehead atoms. The molecular weight excluding hydrogens is 214 g/mol. The third-order valence-corrected chi connectivity index (χ3v) is 3.24. The smallest absolute Gasteiger partial charge is 0.239 e. The van der Waals surface area contributed by atoms with Crippen LogP contribution in [0.1, 0.15) is 48.0 Å². The fourth-order valence-corrected chi connectivity index (χ4v) is 1.77. The van der Waals surface area contributed by atoms with Crippen LogP contribution in [-0.2, 0) is 4.79 Å². The van der Waals surface area contributed by atoms with Crippen molar-refractivity contribution in [1.29, 1.82) is 0 Å². The topological polar surface area (TPSA) is 58.4 Å². The maximum atomic E-state index is 11.8. The Hall–Kier alpha value is -0.610. The zero-order chi connectivity index (χ0) is 13.6. The normalized spacial score (nSPS) is 15.4. The van der Waals surface area contributed by atoms with E-state index in [1.165, 1.54) is 0 Å². The predicted octanol–water partition coefficient (Wildman–Crippen LogP) is 1.35. The number of amides is 1. The van der Waals surface area contributed by atoms with Gasteiger partial charge in [0.25, 0.3) is 0 Å². The van der Waals surface area contributed by atoms with Crippen molar-refractivity contribution in [2.24, 2.45) is 5.73 Å². The van der Waals surface area contributed by atoms with Gasteiger partial charge in [0.2, 0.25) is 5.91 Å². The number of rotatable bonds is 7. The van der Waals surface area contributed by atoms with Crippen LogP contribution < -0.4 is 11.1 Å². The fraction of sp³-hybridized carbons (Fsp3) is 0.923. The zero-order valence-electron chi connectivity index (χ0n) is 12.2. The Morgan fingerprint density at radius 1 is 1.29 bits per heavy atom. The van der Waals surface area contributed by atoms with Gasteiger partial charge < -0.3 is 11.1 Å². The van der Waals surface area contributed by atoms with E-state index in [2.05, 4.69) is 37.9 Å². The van der Waals surface area contributed by atoms with Gasteiger partial charge in [-0.05, 0) is 41.0 Å². The highest BCUT2D eigenvalue weighted by Gasteiger charge is 2.25. The summed E-state index contributed by atoms with van der Waals surface area (Å²) < 4.78 is 0. The SMILES string of the molecule is CCC(C)(N)C(=O)NCCN(C(C)C)C(C)C. The van der Waals surface area contributed by atoms with Crippen molar-refractivity contribution in [2.45, 2.75) is 65.6 Å². The van der Waals surface area contributed by atoms with Crippen molar-refractivity contribution in [2.75, 3.05) is 13.1 Å². The second-order valence-corrected chi connectivity index (χ2v) is 5.45. The molecule has 0 aliphatic rings. The minimum Gasteiger partial charge on any atom is -0.353 e. The van der Waals surface area contributed by atoms with Crippen molar-refractivity contribution in [3.8, 4) is 0 Å². The van der Waals surface area contributed by atoms with E-state index in [-0.39, 0.29) is 5.91 Å². The number of hydrogen-bond donors (Lipinski definition) is 2. The molecule has 3 N–H and O–H groups in total. The van der Waals surface area contributed by atoms with E-state index in [9.17, 15) is 4.79 Å². The first-order chi connectivity index (χ1) is 7.72. The lowest BCUT2D eigenvalue weighted by atomic mass is 10.00. The summed E-state index contributed by atoms with van der Waals surface area (Å²) in [5, 5.41) is 2.91. The number of nitrogens with two attached hydrogens (primary N) is 1. The highest BCUT2D eigenvalue weighted by molar-refractivity contribution is 5.85. The lowest BCUT2D eigenvalue weighted by molar-refractivity contribution is -0.126. The van der Waals surface area contributed by atoms with Gasteiger partial charge in [0.1, 0.15) is 0 Å². The van der Waals surface area contributed by atoms with Crippen LogP contribution in [0.3, 0.4) is 0 Å². The van der Waals surface area contributed by atoms with Gasteiger partial charge in [-0.15, -0.1) is 0 Å². The van der Waals surface area contributed by atoms with Gasteiger partial charge in [-0.25, -0.2) is 0 Å². The monoisotopic (exact) mass is 243 g/mol. The fourth-order valence-electron chi connectivity index (χ4n) is 1.77. The Labute approximate surface area is 106 Å². The van der Waals surface area contributed by atoms with E-state index in [1.54, 1.807) is 6.92 Å². The molecule has 1 amide bonds. The summed E-state index contributed by atoms with van der Waals surface area (Å²) in [5.74, 6) is -0.0625. The largest absolute Gasteiger partial charge is 0.353 e. The molecule has 0 aromatic carbocycles. The molecule has 4 heteroatoms. The second kappa shape index (κ2) is 6.97. The van der Waals surface area contributed by atoms with Crippen LogP contribution in [0.25, 0.3) is 0 Å². The van der Waals surface area contributed by atoms with Crippen LogP contribution in [0.4, 0.5) is 0 Å². The molecule has 4 nitrogen and oxygen atoms in total. The molecule has 1 unspecified atom stereocenters. The van der Waals surface area contributed by atoms with Crippen molar-refractivity contribution < 1.29 is 4.79 Å². The number of nitrogens with one attached hydrogen (secondary N) is 1. The predicted molar refractivity (Wildman–Crippen MR) is 72.9 cm³/mol. The number of nitrogens with zero attached hydrogens (tertiary/aromatic N) is 1. The third kappa shape index (κ3) is 5.50. The zero-order valence-corrected chi connectivity index (χ0v) is 12.2. The Balaban J connectivity index is 4.10. The van der Waals surface area contributed by atoms with Crippen LogP contribution in [0.15, 0.2) is 0 Å². The van der Waals surface area contributed by atoms with Crippen LogP contribution in [0.2, 0.25) is 0 Å². The van der Waals surface area contributed by atoms with Crippen LogP contribution in [-0.4, -0.2) is 41.5 Å². The molecule has 0 saturated heterocycles. The molecule has 0 rings (SSSR count). The van der Waals surface area contributed by atoms with E-state index >= 15 is 0 Å². The number of carbonyl (C=O) groups excluding carboxylic acids is 1. The van der Waals surface area contributed by atoms with Gasteiger partial charge in [-0.3, -0.25) is 9.69 Å². The van der Waals surface area contributed by atoms with Gasteiger partial charge in [0, 0.05) is 25.2 Å². The first kappa shape index (κ1) is 16.4. The van der Waals surface area contributed by atoms with Crippen LogP contribution in [0.5, 0.6) is 0 Å². The van der Waals surface area contributed by atoms with Gasteiger partial charge >= 0.3 is 0 Å². The summed E-state index contributed by atoms with van der Waals surface area (Å²) in [5.41, 5.74) is 5.12. The summed E-state index contributed by atoms with van der Waals surface area (Å²) in [6, 6.07) is 0.977. The van der Waals surface area contributed by atoms with Gasteiger partial charge in [0.05, 0.1) is 5.54 Å². The Morgan fingerprint density at radius 2 is 1.76 bits per heavy atom. The van der Waals surface area contributed by atoms with E-state index < -0.39 is 5.54 Å². The Bertz CT molecular complexity index is 229. The third-order valence-electron chi connectivity index (χ3n) is 3.24. The molecule has 0 saturated carbocycles. The van der Waals surface area contributed by atoms with Gasteiger partial charge in [0.15, 0.2) is 0 Å². The molecule has 0 aliphatic heterocycles. The Kier molecular flexibility index (Phi) is 6.72. The molecule has 0 aromatic rings. The van der Waals surface area contributed by atoms with E-state index in [1.807, 2.05) is 6.92 Å². The summed E-state index contributed by atoms with van der Waals surface area (Å²) in [6.07, 6.45) is 0.650. The van der Waals surface area contributed by atoms with Crippen LogP contribution >= 0.6 is 0 Å². The number of carbonyl (C=O) groups is 1. The quantitative estimate of drug-likeness (QED) is 0.709. The molecule has 0 fully saturated rings. The lowest BCUT2D eigenvalue weighted by Gasteiger charge is -2.31. The minimum absolute atomic E-state index is 0.0625. The maximum absolute atomic E-state index is 11.8. The lowest BCUT2D eigenvalue weighted by Crippen LogP contribution is -2.53. The minimum atomic E-state index is -0.750. The molecule has 0 aliphatic carbocycles. The van der Waals surface area contributed by atoms with Crippen LogP contribution in [0, 0.1) is 0 Å². The van der Waals surface area contributed by atoms with Gasteiger partial charge in [-0.2, -0.15) is 0 Å². The van der Waals surface area contributed by atoms with Gasteiger partial charge in [-0.1, -0.05) is 6.92 Å². The maximum Gasteiger partial charge on any atom is 0.239 e. The average molecular weight is 243 g/mol. The molecule has 0 spiro atoms. The highest BCUT2D eigenvalue weighted by atomic mass is 16.2. The average Bonchev–Trinajstić information content (AvgIpc) is 2.22. The summed E-state index contributed by atoms with van der Waals surface area (Å²) in [7, 11) is 0. The van der Waals surface area contributed by atoms with E-state index in [0.717, 1.165) is 6.54 Å². The molecule has 0 radical (unpaired) electrons. The standard InChI is InChI=1S/C13H29N3O/c1-7-13(6,14)12(17)15-8-9-16(10(2)3)11(4)5/h10-11H,7-9,14H2,1-6H3,(H,15,17). The molecule has 17 heavy (non-hydrogen) atoms. The molecule has 102 valence electrons. The first-order valence-electron chi connectivity index (χ1n) is 6.55. The van der Waals surface area contributed by atoms with E-state index in [0.29, 0.717) is 25.0 Å². The Morgan fingerprint density at radius 3 is 2.12 bits per heavy atom. The summed E-state index contributed by atoms with van der Waals surface area (Å²) >= 11 is 0. The molecule has 0 heterocycles. The second-order valence-electron chi connectivity index (χ2n) is 5.45. The van der Waals surface area contributed by atoms with Crippen molar-refractivity contribution in [3.05, 3.63) is 0 Å². The van der Waals surface area contributed by atoms with Crippen molar-refractivity contribution in [3.63, 3.8) is 0 Å². The van der Waals surface area contributed by atoms with E-state index in [4.69, 9.17) is 5.73 Å². The molecular formula is C13H29N3O. The first-order valence-corrected chi connectivity index (χ1v) is 6.55. The molecule has 0 aromatic heterocycles. The number of hydrogen-bond acceptors (Lipinski definition) is 3. The van der Waals surface area contributed by atoms with Crippen molar-refractivity contribution in [1.82, 2.24) is 10.2 Å². The summed E-state index contributed by atoms with van der Waals surface area (Å²) in [4.78, 5) is 14.1. The van der Waals surface area contributed by atoms with Crippen molar-refractivity contribution >= 4 is 5.91 Å². The summed E-state index contributed by atoms with van der Waals surface area (Å²) in [6.45, 7) is 13.9. The molecule has 1 atom stereocenters. The highest BCUT2D eigenvalue weighted by Crippen LogP contribution is 2.05.